The maximum Gasteiger partial charge on any atom is 0.269 e. The third-order valence-electron chi connectivity index (χ3n) is 5.12. The number of rotatable bonds is 4. The van der Waals surface area contributed by atoms with Crippen LogP contribution in [0.1, 0.15) is 46.1 Å². The molecule has 2 aliphatic rings. The predicted octanol–water partition coefficient (Wildman–Crippen LogP) is 1.86. The third kappa shape index (κ3) is 2.89. The minimum absolute atomic E-state index is 0.326. The first-order chi connectivity index (χ1) is 11.7. The molecule has 1 aromatic heterocycles. The van der Waals surface area contributed by atoms with Crippen molar-refractivity contribution in [2.45, 2.75) is 31.7 Å². The molecule has 0 bridgehead atoms. The zero-order valence-electron chi connectivity index (χ0n) is 13.7. The first kappa shape index (κ1) is 15.2. The Morgan fingerprint density at radius 3 is 3.17 bits per heavy atom. The van der Waals surface area contributed by atoms with E-state index in [1.54, 1.807) is 6.07 Å². The topological polar surface area (TPSA) is 87.0 Å². The van der Waals surface area contributed by atoms with E-state index in [1.807, 2.05) is 0 Å². The Bertz CT molecular complexity index is 754. The highest BCUT2D eigenvalue weighted by molar-refractivity contribution is 5.90. The third-order valence-corrected chi connectivity index (χ3v) is 5.12. The molecule has 2 aromatic rings. The number of aromatic amines is 1. The number of nitrogens with one attached hydrogen (secondary N) is 2. The second kappa shape index (κ2) is 6.28. The minimum Gasteiger partial charge on any atom is -0.384 e. The van der Waals surface area contributed by atoms with Gasteiger partial charge >= 0.3 is 0 Å². The largest absolute Gasteiger partial charge is 0.384 e. The Labute approximate surface area is 141 Å². The zero-order valence-corrected chi connectivity index (χ0v) is 13.7. The molecular formula is C18H23N5O. The second-order valence-corrected chi connectivity index (χ2v) is 6.78. The molecule has 0 radical (unpaired) electrons. The van der Waals surface area contributed by atoms with E-state index in [0.29, 0.717) is 11.6 Å². The molecule has 3 heterocycles. The molecule has 24 heavy (non-hydrogen) atoms. The molecule has 1 unspecified atom stereocenters. The van der Waals surface area contributed by atoms with Crippen LogP contribution in [0.2, 0.25) is 0 Å². The lowest BCUT2D eigenvalue weighted by Crippen LogP contribution is -2.34. The molecule has 0 saturated carbocycles. The van der Waals surface area contributed by atoms with Gasteiger partial charge in [0.15, 0.2) is 0 Å². The van der Waals surface area contributed by atoms with Crippen molar-refractivity contribution < 1.29 is 4.79 Å². The molecule has 4 rings (SSSR count). The van der Waals surface area contributed by atoms with Gasteiger partial charge in [-0.25, -0.2) is 0 Å². The summed E-state index contributed by atoms with van der Waals surface area (Å²) in [5.41, 5.74) is 10.8. The Morgan fingerprint density at radius 1 is 1.42 bits per heavy atom. The summed E-state index contributed by atoms with van der Waals surface area (Å²) in [5, 5.41) is 10.5. The number of anilines is 1. The quantitative estimate of drug-likeness (QED) is 0.801. The van der Waals surface area contributed by atoms with Crippen LogP contribution in [0.5, 0.6) is 0 Å². The summed E-state index contributed by atoms with van der Waals surface area (Å²) in [7, 11) is 0. The minimum atomic E-state index is -0.476. The lowest BCUT2D eigenvalue weighted by atomic mass is 9.94. The van der Waals surface area contributed by atoms with E-state index >= 15 is 0 Å². The molecule has 1 atom stereocenters. The number of fused-ring (bicyclic) bond motifs is 1. The number of benzene rings is 1. The highest BCUT2D eigenvalue weighted by Gasteiger charge is 2.25. The van der Waals surface area contributed by atoms with Gasteiger partial charge in [-0.05, 0) is 43.0 Å². The second-order valence-electron chi connectivity index (χ2n) is 6.78. The molecule has 4 N–H and O–H groups in total. The number of aromatic nitrogens is 2. The average molecular weight is 325 g/mol. The van der Waals surface area contributed by atoms with Crippen molar-refractivity contribution in [3.8, 4) is 0 Å². The standard InChI is InChI=1S/C18H23N5O/c19-18(24)16-9-15(21-22-16)13-5-2-8-23(10-13)11-14-4-1-3-12-6-7-20-17(12)14/h1,3-4,9,13,20H,2,5-8,10-11H2,(H2,19,24)(H,21,22). The number of carbonyl (C=O) groups is 1. The summed E-state index contributed by atoms with van der Waals surface area (Å²) in [6.45, 7) is 4.09. The van der Waals surface area contributed by atoms with Crippen LogP contribution < -0.4 is 11.1 Å². The molecule has 1 fully saturated rings. The van der Waals surface area contributed by atoms with E-state index in [2.05, 4.69) is 38.6 Å². The monoisotopic (exact) mass is 325 g/mol. The number of H-pyrrole nitrogens is 1. The first-order valence-electron chi connectivity index (χ1n) is 8.63. The zero-order chi connectivity index (χ0) is 16.5. The van der Waals surface area contributed by atoms with Crippen molar-refractivity contribution >= 4 is 11.6 Å². The van der Waals surface area contributed by atoms with E-state index in [0.717, 1.165) is 51.1 Å². The lowest BCUT2D eigenvalue weighted by Gasteiger charge is -2.32. The molecule has 0 aliphatic carbocycles. The van der Waals surface area contributed by atoms with Crippen LogP contribution in [0.15, 0.2) is 24.3 Å². The fourth-order valence-electron chi connectivity index (χ4n) is 3.91. The highest BCUT2D eigenvalue weighted by Crippen LogP contribution is 2.31. The molecule has 6 heteroatoms. The summed E-state index contributed by atoms with van der Waals surface area (Å²) < 4.78 is 0. The summed E-state index contributed by atoms with van der Waals surface area (Å²) in [5.74, 6) is -0.0971. The van der Waals surface area contributed by atoms with Crippen LogP contribution in [-0.2, 0) is 13.0 Å². The van der Waals surface area contributed by atoms with Crippen molar-refractivity contribution in [3.05, 3.63) is 46.8 Å². The van der Waals surface area contributed by atoms with Crippen molar-refractivity contribution in [1.29, 1.82) is 0 Å². The van der Waals surface area contributed by atoms with Gasteiger partial charge in [-0.3, -0.25) is 14.8 Å². The van der Waals surface area contributed by atoms with E-state index < -0.39 is 5.91 Å². The molecule has 126 valence electrons. The summed E-state index contributed by atoms with van der Waals surface area (Å²) in [6.07, 6.45) is 3.38. The first-order valence-corrected chi connectivity index (χ1v) is 8.63. The van der Waals surface area contributed by atoms with E-state index in [-0.39, 0.29) is 0 Å². The average Bonchev–Trinajstić information content (AvgIpc) is 3.25. The van der Waals surface area contributed by atoms with Gasteiger partial charge in [0.1, 0.15) is 5.69 Å². The van der Waals surface area contributed by atoms with Crippen LogP contribution >= 0.6 is 0 Å². The van der Waals surface area contributed by atoms with Crippen molar-refractivity contribution in [3.63, 3.8) is 0 Å². The number of hydrogen-bond acceptors (Lipinski definition) is 4. The number of likely N-dealkylation sites (tertiary alicyclic amines) is 1. The van der Waals surface area contributed by atoms with Crippen molar-refractivity contribution in [2.24, 2.45) is 5.73 Å². The molecule has 0 spiro atoms. The van der Waals surface area contributed by atoms with E-state index in [1.165, 1.54) is 16.8 Å². The number of hydrogen-bond donors (Lipinski definition) is 3. The number of nitrogens with two attached hydrogens (primary N) is 1. The Morgan fingerprint density at radius 2 is 2.33 bits per heavy atom. The number of nitrogens with zero attached hydrogens (tertiary/aromatic N) is 2. The van der Waals surface area contributed by atoms with Crippen LogP contribution in [0.4, 0.5) is 5.69 Å². The maximum absolute atomic E-state index is 11.2. The number of carbonyl (C=O) groups excluding carboxylic acids is 1. The summed E-state index contributed by atoms with van der Waals surface area (Å²) in [4.78, 5) is 13.7. The van der Waals surface area contributed by atoms with Gasteiger partial charge < -0.3 is 11.1 Å². The van der Waals surface area contributed by atoms with Gasteiger partial charge in [0.25, 0.3) is 5.91 Å². The number of amides is 1. The molecule has 6 nitrogen and oxygen atoms in total. The predicted molar refractivity (Wildman–Crippen MR) is 93.0 cm³/mol. The normalized spacial score (nSPS) is 20.6. The molecule has 1 saturated heterocycles. The number of primary amides is 1. The lowest BCUT2D eigenvalue weighted by molar-refractivity contribution is 0.0995. The fourth-order valence-corrected chi connectivity index (χ4v) is 3.91. The van der Waals surface area contributed by atoms with Crippen LogP contribution in [0.25, 0.3) is 0 Å². The van der Waals surface area contributed by atoms with Crippen LogP contribution in [0.3, 0.4) is 0 Å². The molecule has 1 aromatic carbocycles. The van der Waals surface area contributed by atoms with E-state index in [9.17, 15) is 4.79 Å². The SMILES string of the molecule is NC(=O)c1cc(C2CCCN(Cc3cccc4c3NCC4)C2)[nH]n1. The fraction of sp³-hybridized carbons (Fsp3) is 0.444. The van der Waals surface area contributed by atoms with Gasteiger partial charge in [-0.2, -0.15) is 5.10 Å². The van der Waals surface area contributed by atoms with Gasteiger partial charge in [-0.15, -0.1) is 0 Å². The smallest absolute Gasteiger partial charge is 0.269 e. The highest BCUT2D eigenvalue weighted by atomic mass is 16.1. The van der Waals surface area contributed by atoms with Gasteiger partial charge in [0.2, 0.25) is 0 Å². The molecule has 1 amide bonds. The number of piperidine rings is 1. The van der Waals surface area contributed by atoms with E-state index in [4.69, 9.17) is 5.73 Å². The molecular weight excluding hydrogens is 302 g/mol. The van der Waals surface area contributed by atoms with Gasteiger partial charge in [0.05, 0.1) is 0 Å². The van der Waals surface area contributed by atoms with Crippen LogP contribution in [-0.4, -0.2) is 40.6 Å². The Kier molecular flexibility index (Phi) is 3.98. The number of para-hydroxylation sites is 1. The summed E-state index contributed by atoms with van der Waals surface area (Å²) >= 11 is 0. The Balaban J connectivity index is 1.47. The van der Waals surface area contributed by atoms with Gasteiger partial charge in [-0.1, -0.05) is 18.2 Å². The summed E-state index contributed by atoms with van der Waals surface area (Å²) in [6, 6.07) is 8.41. The van der Waals surface area contributed by atoms with Crippen LogP contribution in [0, 0.1) is 0 Å². The van der Waals surface area contributed by atoms with Crippen molar-refractivity contribution in [1.82, 2.24) is 15.1 Å². The Hall–Kier alpha value is -2.34. The maximum atomic E-state index is 11.2. The van der Waals surface area contributed by atoms with Crippen molar-refractivity contribution in [2.75, 3.05) is 25.0 Å². The van der Waals surface area contributed by atoms with Gasteiger partial charge in [0, 0.05) is 36.9 Å². The molecule has 2 aliphatic heterocycles.